The number of nitrogens with two attached hydrogens (primary N) is 1. The van der Waals surface area contributed by atoms with Crippen molar-refractivity contribution in [3.05, 3.63) is 5.82 Å². The number of hydrogen-bond acceptors (Lipinski definition) is 6. The van der Waals surface area contributed by atoms with Gasteiger partial charge in [-0.3, -0.25) is 4.31 Å². The SMILES string of the molecule is Cc1nc(N)nc(N(S)C(C)C)n1. The monoisotopic (exact) mass is 199 g/mol. The van der Waals surface area contributed by atoms with Crippen molar-refractivity contribution in [2.45, 2.75) is 26.8 Å². The molecule has 0 aliphatic rings. The largest absolute Gasteiger partial charge is 0.368 e. The van der Waals surface area contributed by atoms with Gasteiger partial charge in [-0.15, -0.1) is 0 Å². The minimum absolute atomic E-state index is 0.213. The zero-order chi connectivity index (χ0) is 10.0. The van der Waals surface area contributed by atoms with E-state index >= 15 is 0 Å². The van der Waals surface area contributed by atoms with Gasteiger partial charge in [0.1, 0.15) is 5.82 Å². The van der Waals surface area contributed by atoms with Crippen molar-refractivity contribution in [2.24, 2.45) is 0 Å². The Balaban J connectivity index is 3.01. The van der Waals surface area contributed by atoms with E-state index in [0.717, 1.165) is 0 Å². The molecule has 0 saturated carbocycles. The molecule has 1 rings (SSSR count). The number of thiol groups is 1. The zero-order valence-electron chi connectivity index (χ0n) is 7.89. The molecule has 0 saturated heterocycles. The molecule has 13 heavy (non-hydrogen) atoms. The average molecular weight is 199 g/mol. The molecule has 2 N–H and O–H groups in total. The average Bonchev–Trinajstić information content (AvgIpc) is 2.01. The Bertz CT molecular complexity index is 281. The minimum atomic E-state index is 0.213. The van der Waals surface area contributed by atoms with Crippen LogP contribution in [0.1, 0.15) is 19.7 Å². The fraction of sp³-hybridized carbons (Fsp3) is 0.571. The Morgan fingerprint density at radius 3 is 2.38 bits per heavy atom. The number of aryl methyl sites for hydroxylation is 1. The van der Waals surface area contributed by atoms with Gasteiger partial charge >= 0.3 is 0 Å². The van der Waals surface area contributed by atoms with Crippen molar-refractivity contribution >= 4 is 24.7 Å². The Kier molecular flexibility index (Phi) is 2.92. The minimum Gasteiger partial charge on any atom is -0.368 e. The van der Waals surface area contributed by atoms with Crippen LogP contribution in [0.15, 0.2) is 0 Å². The summed E-state index contributed by atoms with van der Waals surface area (Å²) in [4.78, 5) is 11.9. The van der Waals surface area contributed by atoms with Gasteiger partial charge < -0.3 is 5.73 Å². The Morgan fingerprint density at radius 1 is 1.31 bits per heavy atom. The van der Waals surface area contributed by atoms with Crippen LogP contribution >= 0.6 is 12.8 Å². The number of nitrogen functional groups attached to an aromatic ring is 1. The summed E-state index contributed by atoms with van der Waals surface area (Å²) in [6.07, 6.45) is 0. The Labute approximate surface area is 82.9 Å². The van der Waals surface area contributed by atoms with Crippen molar-refractivity contribution in [2.75, 3.05) is 10.0 Å². The molecular weight excluding hydrogens is 186 g/mol. The van der Waals surface area contributed by atoms with E-state index in [1.54, 1.807) is 11.2 Å². The maximum Gasteiger partial charge on any atom is 0.240 e. The molecule has 0 spiro atoms. The lowest BCUT2D eigenvalue weighted by Crippen LogP contribution is -2.23. The van der Waals surface area contributed by atoms with E-state index in [0.29, 0.717) is 11.8 Å². The summed E-state index contributed by atoms with van der Waals surface area (Å²) < 4.78 is 1.64. The molecular formula is C7H13N5S. The molecule has 6 heteroatoms. The van der Waals surface area contributed by atoms with Crippen LogP contribution in [0.5, 0.6) is 0 Å². The second-order valence-electron chi connectivity index (χ2n) is 2.98. The normalized spacial score (nSPS) is 10.5. The van der Waals surface area contributed by atoms with Gasteiger partial charge in [-0.05, 0) is 20.8 Å². The van der Waals surface area contributed by atoms with E-state index in [2.05, 4.69) is 27.8 Å². The molecule has 1 aromatic heterocycles. The first-order valence-electron chi connectivity index (χ1n) is 3.97. The molecule has 0 fully saturated rings. The third-order valence-corrected chi connectivity index (χ3v) is 2.09. The molecule has 0 atom stereocenters. The highest BCUT2D eigenvalue weighted by Crippen LogP contribution is 2.13. The highest BCUT2D eigenvalue weighted by Gasteiger charge is 2.10. The highest BCUT2D eigenvalue weighted by molar-refractivity contribution is 7.81. The van der Waals surface area contributed by atoms with Gasteiger partial charge in [-0.2, -0.15) is 15.0 Å². The summed E-state index contributed by atoms with van der Waals surface area (Å²) in [5.74, 6) is 1.31. The predicted molar refractivity (Wildman–Crippen MR) is 55.6 cm³/mol. The lowest BCUT2D eigenvalue weighted by molar-refractivity contribution is 0.803. The molecule has 1 aromatic rings. The van der Waals surface area contributed by atoms with Gasteiger partial charge in [-0.25, -0.2) is 0 Å². The first kappa shape index (κ1) is 10.0. The smallest absolute Gasteiger partial charge is 0.240 e. The van der Waals surface area contributed by atoms with Gasteiger partial charge in [-0.1, -0.05) is 12.8 Å². The molecule has 0 unspecified atom stereocenters. The van der Waals surface area contributed by atoms with Crippen LogP contribution in [-0.4, -0.2) is 21.0 Å². The lowest BCUT2D eigenvalue weighted by atomic mass is 10.4. The summed E-state index contributed by atoms with van der Waals surface area (Å²) in [7, 11) is 0. The molecule has 0 amide bonds. The van der Waals surface area contributed by atoms with Gasteiger partial charge in [0.05, 0.1) is 0 Å². The third-order valence-electron chi connectivity index (χ3n) is 1.45. The third kappa shape index (κ3) is 2.45. The molecule has 72 valence electrons. The van der Waals surface area contributed by atoms with Crippen molar-refractivity contribution in [3.63, 3.8) is 0 Å². The molecule has 1 heterocycles. The van der Waals surface area contributed by atoms with Crippen LogP contribution < -0.4 is 10.0 Å². The molecule has 0 aliphatic heterocycles. The van der Waals surface area contributed by atoms with E-state index in [1.165, 1.54) is 0 Å². The highest BCUT2D eigenvalue weighted by atomic mass is 32.1. The van der Waals surface area contributed by atoms with Crippen molar-refractivity contribution in [1.82, 2.24) is 15.0 Å². The summed E-state index contributed by atoms with van der Waals surface area (Å²) >= 11 is 4.23. The quantitative estimate of drug-likeness (QED) is 0.690. The van der Waals surface area contributed by atoms with Gasteiger partial charge in [0, 0.05) is 6.04 Å². The van der Waals surface area contributed by atoms with Crippen LogP contribution in [0.4, 0.5) is 11.9 Å². The van der Waals surface area contributed by atoms with Gasteiger partial charge in [0.2, 0.25) is 11.9 Å². The molecule has 5 nitrogen and oxygen atoms in total. The molecule has 0 radical (unpaired) electrons. The summed E-state index contributed by atoms with van der Waals surface area (Å²) in [6, 6.07) is 0.213. The maximum atomic E-state index is 5.47. The van der Waals surface area contributed by atoms with Crippen LogP contribution in [0.3, 0.4) is 0 Å². The van der Waals surface area contributed by atoms with E-state index in [-0.39, 0.29) is 12.0 Å². The van der Waals surface area contributed by atoms with E-state index in [9.17, 15) is 0 Å². The van der Waals surface area contributed by atoms with Gasteiger partial charge in [0.25, 0.3) is 0 Å². The van der Waals surface area contributed by atoms with Crippen LogP contribution in [0.25, 0.3) is 0 Å². The standard InChI is InChI=1S/C7H13N5S/c1-4(2)12(13)7-10-5(3)9-6(8)11-7/h4,13H,1-3H3,(H2,8,9,10,11). The first-order valence-corrected chi connectivity index (χ1v) is 4.37. The molecule has 0 aromatic carbocycles. The van der Waals surface area contributed by atoms with Crippen molar-refractivity contribution in [1.29, 1.82) is 0 Å². The number of rotatable bonds is 2. The topological polar surface area (TPSA) is 67.9 Å². The number of aromatic nitrogens is 3. The van der Waals surface area contributed by atoms with Crippen molar-refractivity contribution < 1.29 is 0 Å². The molecule has 0 aliphatic carbocycles. The summed E-state index contributed by atoms with van der Waals surface area (Å²) in [6.45, 7) is 5.74. The van der Waals surface area contributed by atoms with Crippen LogP contribution in [-0.2, 0) is 0 Å². The van der Waals surface area contributed by atoms with Crippen LogP contribution in [0, 0.1) is 6.92 Å². The second kappa shape index (κ2) is 3.78. The fourth-order valence-corrected chi connectivity index (χ4v) is 0.911. The Hall–Kier alpha value is -1.04. The van der Waals surface area contributed by atoms with Crippen molar-refractivity contribution in [3.8, 4) is 0 Å². The van der Waals surface area contributed by atoms with E-state index in [4.69, 9.17) is 5.73 Å². The number of hydrogen-bond donors (Lipinski definition) is 2. The first-order chi connectivity index (χ1) is 6.00. The zero-order valence-corrected chi connectivity index (χ0v) is 8.79. The van der Waals surface area contributed by atoms with E-state index < -0.39 is 0 Å². The number of nitrogens with zero attached hydrogens (tertiary/aromatic N) is 4. The Morgan fingerprint density at radius 2 is 1.92 bits per heavy atom. The van der Waals surface area contributed by atoms with Crippen LogP contribution in [0.2, 0.25) is 0 Å². The maximum absolute atomic E-state index is 5.47. The van der Waals surface area contributed by atoms with Gasteiger partial charge in [0.15, 0.2) is 0 Å². The number of anilines is 2. The van der Waals surface area contributed by atoms with E-state index in [1.807, 2.05) is 13.8 Å². The summed E-state index contributed by atoms with van der Waals surface area (Å²) in [5, 5.41) is 0. The lowest BCUT2D eigenvalue weighted by Gasteiger charge is -2.19. The predicted octanol–water partition coefficient (Wildman–Crippen LogP) is 0.822. The molecule has 0 bridgehead atoms. The fourth-order valence-electron chi connectivity index (χ4n) is 0.821. The second-order valence-corrected chi connectivity index (χ2v) is 3.41. The summed E-state index contributed by atoms with van der Waals surface area (Å²) in [5.41, 5.74) is 5.47.